The van der Waals surface area contributed by atoms with Crippen molar-refractivity contribution in [1.29, 1.82) is 0 Å². The molecule has 0 fully saturated rings. The fourth-order valence-electron chi connectivity index (χ4n) is 1.95. The highest BCUT2D eigenvalue weighted by atomic mass is 16.9. The van der Waals surface area contributed by atoms with Crippen LogP contribution in [0, 0.1) is 0 Å². The van der Waals surface area contributed by atoms with E-state index in [2.05, 4.69) is 19.7 Å². The van der Waals surface area contributed by atoms with Crippen molar-refractivity contribution < 1.29 is 57.0 Å². The lowest BCUT2D eigenvalue weighted by Crippen LogP contribution is -2.41. The van der Waals surface area contributed by atoms with E-state index < -0.39 is 23.9 Å². The molecule has 0 saturated carbocycles. The lowest BCUT2D eigenvalue weighted by Gasteiger charge is -2.31. The third kappa shape index (κ3) is 16.1. The molecule has 0 aliphatic rings. The van der Waals surface area contributed by atoms with Crippen LogP contribution < -0.4 is 0 Å². The van der Waals surface area contributed by atoms with Gasteiger partial charge in [0, 0.05) is 23.1 Å². The summed E-state index contributed by atoms with van der Waals surface area (Å²) in [7, 11) is 0. The quantitative estimate of drug-likeness (QED) is 0.0684. The second-order valence-electron chi connectivity index (χ2n) is 7.30. The third-order valence-corrected chi connectivity index (χ3v) is 3.95. The van der Waals surface area contributed by atoms with Crippen LogP contribution in [-0.2, 0) is 57.0 Å². The summed E-state index contributed by atoms with van der Waals surface area (Å²) in [5.74, 6) is -3.17. The molecule has 0 saturated heterocycles. The Morgan fingerprint density at radius 3 is 1.06 bits per heavy atom. The van der Waals surface area contributed by atoms with Crippen molar-refractivity contribution in [2.45, 2.75) is 40.1 Å². The number of carbonyl (C=O) groups is 3. The molecule has 0 spiro atoms. The average molecular weight is 519 g/mol. The van der Waals surface area contributed by atoms with Gasteiger partial charge in [-0.05, 0) is 20.8 Å². The van der Waals surface area contributed by atoms with Gasteiger partial charge < -0.3 is 42.6 Å². The van der Waals surface area contributed by atoms with Gasteiger partial charge in [0.05, 0.1) is 19.8 Å². The Labute approximate surface area is 212 Å². The summed E-state index contributed by atoms with van der Waals surface area (Å²) < 4.78 is 47.5. The first-order chi connectivity index (χ1) is 17.0. The summed E-state index contributed by atoms with van der Waals surface area (Å²) in [6.07, 6.45) is 0.211. The van der Waals surface area contributed by atoms with Crippen LogP contribution in [0.2, 0.25) is 0 Å². The van der Waals surface area contributed by atoms with Crippen LogP contribution in [0.5, 0.6) is 0 Å². The number of hydrogen-bond donors (Lipinski definition) is 0. The minimum atomic E-state index is -1.60. The maximum Gasteiger partial charge on any atom is 0.333 e. The number of esters is 3. The summed E-state index contributed by atoms with van der Waals surface area (Å²) in [5, 5.41) is 0. The molecular formula is C24H38O12. The minimum Gasteiger partial charge on any atom is -0.460 e. The van der Waals surface area contributed by atoms with Gasteiger partial charge in [-0.15, -0.1) is 0 Å². The molecule has 0 bridgehead atoms. The van der Waals surface area contributed by atoms with Gasteiger partial charge in [0.2, 0.25) is 0 Å². The lowest BCUT2D eigenvalue weighted by atomic mass is 10.4. The van der Waals surface area contributed by atoms with Gasteiger partial charge in [-0.2, -0.15) is 0 Å². The minimum absolute atomic E-state index is 0.00786. The Bertz CT molecular complexity index is 638. The number of rotatable bonds is 22. The zero-order valence-electron chi connectivity index (χ0n) is 21.6. The molecular weight excluding hydrogens is 480 g/mol. The van der Waals surface area contributed by atoms with E-state index in [4.69, 9.17) is 42.6 Å². The van der Waals surface area contributed by atoms with Crippen LogP contribution in [0.15, 0.2) is 36.5 Å². The highest BCUT2D eigenvalue weighted by Gasteiger charge is 2.32. The Morgan fingerprint density at radius 2 is 0.833 bits per heavy atom. The first kappa shape index (κ1) is 33.4. The SMILES string of the molecule is C=C(C)C(=O)OCCOCOC(CC)(OCOCCOC(=O)C(=C)C)OCOCCOC(=O)C(=C)C. The van der Waals surface area contributed by atoms with E-state index in [1.54, 1.807) is 6.92 Å². The van der Waals surface area contributed by atoms with Crippen molar-refractivity contribution >= 4 is 17.9 Å². The van der Waals surface area contributed by atoms with Crippen LogP contribution in [0.3, 0.4) is 0 Å². The maximum atomic E-state index is 11.4. The summed E-state index contributed by atoms with van der Waals surface area (Å²) in [4.78, 5) is 34.1. The number of ether oxygens (including phenoxy) is 9. The molecule has 12 heteroatoms. The molecule has 0 aromatic rings. The van der Waals surface area contributed by atoms with Gasteiger partial charge in [0.1, 0.15) is 19.8 Å². The molecule has 0 radical (unpaired) electrons. The average Bonchev–Trinajstić information content (AvgIpc) is 2.84. The molecule has 0 aromatic heterocycles. The van der Waals surface area contributed by atoms with E-state index in [1.807, 2.05) is 0 Å². The fourth-order valence-corrected chi connectivity index (χ4v) is 1.95. The van der Waals surface area contributed by atoms with Gasteiger partial charge in [-0.1, -0.05) is 26.7 Å². The van der Waals surface area contributed by atoms with Gasteiger partial charge in [0.25, 0.3) is 5.97 Å². The molecule has 0 aliphatic carbocycles. The van der Waals surface area contributed by atoms with Crippen LogP contribution in [-0.4, -0.2) is 83.9 Å². The molecule has 12 nitrogen and oxygen atoms in total. The molecule has 0 atom stereocenters. The molecule has 0 heterocycles. The summed E-state index contributed by atoms with van der Waals surface area (Å²) in [5.41, 5.74) is 0.838. The van der Waals surface area contributed by atoms with E-state index in [0.29, 0.717) is 0 Å². The Hall–Kier alpha value is -2.61. The predicted octanol–water partition coefficient (Wildman–Crippen LogP) is 2.38. The van der Waals surface area contributed by atoms with E-state index in [1.165, 1.54) is 20.8 Å². The maximum absolute atomic E-state index is 11.4. The van der Waals surface area contributed by atoms with Crippen LogP contribution >= 0.6 is 0 Å². The third-order valence-electron chi connectivity index (χ3n) is 3.95. The first-order valence-electron chi connectivity index (χ1n) is 11.2. The molecule has 0 rings (SSSR count). The molecule has 0 aromatic carbocycles. The fraction of sp³-hybridized carbons (Fsp3) is 0.625. The zero-order chi connectivity index (χ0) is 27.4. The summed E-state index contributed by atoms with van der Waals surface area (Å²) in [6.45, 7) is 16.2. The molecule has 0 unspecified atom stereocenters. The van der Waals surface area contributed by atoms with Crippen molar-refractivity contribution in [3.05, 3.63) is 36.5 Å². The van der Waals surface area contributed by atoms with Crippen LogP contribution in [0.1, 0.15) is 34.1 Å². The highest BCUT2D eigenvalue weighted by molar-refractivity contribution is 5.87. The van der Waals surface area contributed by atoms with E-state index in [-0.39, 0.29) is 83.2 Å². The molecule has 206 valence electrons. The number of hydrogen-bond acceptors (Lipinski definition) is 12. The Balaban J connectivity index is 4.56. The largest absolute Gasteiger partial charge is 0.460 e. The molecule has 0 N–H and O–H groups in total. The van der Waals surface area contributed by atoms with Crippen molar-refractivity contribution in [3.8, 4) is 0 Å². The summed E-state index contributed by atoms with van der Waals surface area (Å²) >= 11 is 0. The van der Waals surface area contributed by atoms with Gasteiger partial charge >= 0.3 is 17.9 Å². The zero-order valence-corrected chi connectivity index (χ0v) is 21.6. The van der Waals surface area contributed by atoms with Gasteiger partial charge in [0.15, 0.2) is 20.4 Å². The van der Waals surface area contributed by atoms with Crippen molar-refractivity contribution in [2.75, 3.05) is 60.0 Å². The standard InChI is InChI=1S/C24H38O12/c1-8-24(34-15-28-9-12-31-21(25)18(2)3,35-16-29-10-13-32-22(26)19(4)5)36-17-30-11-14-33-23(27)20(6)7/h2,4,6,8-17H2,1,3,5,7H3. The molecule has 36 heavy (non-hydrogen) atoms. The molecule has 0 aliphatic heterocycles. The monoisotopic (exact) mass is 518 g/mol. The van der Waals surface area contributed by atoms with Crippen molar-refractivity contribution in [2.24, 2.45) is 0 Å². The smallest absolute Gasteiger partial charge is 0.333 e. The second kappa shape index (κ2) is 19.6. The van der Waals surface area contributed by atoms with Crippen LogP contribution in [0.25, 0.3) is 0 Å². The lowest BCUT2D eigenvalue weighted by molar-refractivity contribution is -0.427. The number of carbonyl (C=O) groups excluding carboxylic acids is 3. The highest BCUT2D eigenvalue weighted by Crippen LogP contribution is 2.20. The second-order valence-corrected chi connectivity index (χ2v) is 7.30. The first-order valence-corrected chi connectivity index (χ1v) is 11.2. The Morgan fingerprint density at radius 1 is 0.556 bits per heavy atom. The van der Waals surface area contributed by atoms with E-state index >= 15 is 0 Å². The molecule has 0 amide bonds. The predicted molar refractivity (Wildman–Crippen MR) is 126 cm³/mol. The normalized spacial score (nSPS) is 11.0. The van der Waals surface area contributed by atoms with E-state index in [9.17, 15) is 14.4 Å². The Kier molecular flexibility index (Phi) is 18.1. The summed E-state index contributed by atoms with van der Waals surface area (Å²) in [6, 6.07) is 0. The van der Waals surface area contributed by atoms with Crippen molar-refractivity contribution in [1.82, 2.24) is 0 Å². The van der Waals surface area contributed by atoms with Gasteiger partial charge in [-0.3, -0.25) is 0 Å². The van der Waals surface area contributed by atoms with Crippen LogP contribution in [0.4, 0.5) is 0 Å². The van der Waals surface area contributed by atoms with Gasteiger partial charge in [-0.25, -0.2) is 14.4 Å². The topological polar surface area (TPSA) is 134 Å². The van der Waals surface area contributed by atoms with E-state index in [0.717, 1.165) is 0 Å². The van der Waals surface area contributed by atoms with Crippen molar-refractivity contribution in [3.63, 3.8) is 0 Å².